The van der Waals surface area contributed by atoms with Crippen molar-refractivity contribution in [3.63, 3.8) is 0 Å². The molecule has 0 spiro atoms. The van der Waals surface area contributed by atoms with Crippen LogP contribution in [0.3, 0.4) is 0 Å². The molecule has 8 heteroatoms. The molecule has 136 valence electrons. The fourth-order valence-corrected chi connectivity index (χ4v) is 4.34. The van der Waals surface area contributed by atoms with Crippen LogP contribution in [0.15, 0.2) is 58.5 Å². The molecule has 1 fully saturated rings. The first-order chi connectivity index (χ1) is 12.5. The number of carbonyl (C=O) groups is 1. The van der Waals surface area contributed by atoms with Crippen molar-refractivity contribution in [1.29, 1.82) is 0 Å². The van der Waals surface area contributed by atoms with E-state index in [-0.39, 0.29) is 10.5 Å². The second-order valence-corrected chi connectivity index (χ2v) is 8.26. The fourth-order valence-electron chi connectivity index (χ4n) is 2.65. The molecule has 1 N–H and O–H groups in total. The van der Waals surface area contributed by atoms with Gasteiger partial charge in [0.05, 0.1) is 11.1 Å². The number of sulfonamides is 1. The summed E-state index contributed by atoms with van der Waals surface area (Å²) in [5.74, 6) is -0.478. The van der Waals surface area contributed by atoms with Crippen molar-refractivity contribution in [3.8, 4) is 0 Å². The highest BCUT2D eigenvalue weighted by Crippen LogP contribution is 2.21. The monoisotopic (exact) mass is 391 g/mol. The Morgan fingerprint density at radius 2 is 1.81 bits per heavy atom. The summed E-state index contributed by atoms with van der Waals surface area (Å²) in [6.45, 7) is 1.04. The zero-order chi connectivity index (χ0) is 18.6. The molecule has 0 unspecified atom stereocenters. The lowest BCUT2D eigenvalue weighted by molar-refractivity contribution is 0.0955. The first-order valence-corrected chi connectivity index (χ1v) is 9.98. The van der Waals surface area contributed by atoms with Crippen molar-refractivity contribution in [2.45, 2.75) is 17.7 Å². The number of benzene rings is 2. The molecule has 2 aromatic rings. The van der Waals surface area contributed by atoms with Crippen LogP contribution in [0.5, 0.6) is 0 Å². The third-order valence-corrected chi connectivity index (χ3v) is 6.20. The number of nitrogens with zero attached hydrogens (tertiary/aromatic N) is 2. The van der Waals surface area contributed by atoms with Crippen LogP contribution in [-0.4, -0.2) is 37.9 Å². The summed E-state index contributed by atoms with van der Waals surface area (Å²) in [6, 6.07) is 13.0. The molecule has 6 nitrogen and oxygen atoms in total. The number of hydrogen-bond acceptors (Lipinski definition) is 4. The number of rotatable bonds is 5. The largest absolute Gasteiger partial charge is 0.271 e. The van der Waals surface area contributed by atoms with Gasteiger partial charge in [-0.1, -0.05) is 29.8 Å². The lowest BCUT2D eigenvalue weighted by Gasteiger charge is -2.15. The van der Waals surface area contributed by atoms with Crippen molar-refractivity contribution in [3.05, 3.63) is 64.7 Å². The van der Waals surface area contributed by atoms with Gasteiger partial charge in [0.1, 0.15) is 0 Å². The van der Waals surface area contributed by atoms with Crippen LogP contribution in [0.2, 0.25) is 5.02 Å². The maximum Gasteiger partial charge on any atom is 0.271 e. The Bertz CT molecular complexity index is 921. The van der Waals surface area contributed by atoms with Gasteiger partial charge in [0.2, 0.25) is 10.0 Å². The molecule has 0 bridgehead atoms. The van der Waals surface area contributed by atoms with E-state index in [9.17, 15) is 13.2 Å². The Morgan fingerprint density at radius 3 is 2.50 bits per heavy atom. The van der Waals surface area contributed by atoms with E-state index in [2.05, 4.69) is 10.5 Å². The zero-order valence-corrected chi connectivity index (χ0v) is 15.5. The van der Waals surface area contributed by atoms with Crippen molar-refractivity contribution in [2.24, 2.45) is 5.10 Å². The molecule has 3 rings (SSSR count). The SMILES string of the molecule is O=C(N/N=C\c1ccc(Cl)cc1)c1cccc(S(=O)(=O)N2CCCC2)c1. The van der Waals surface area contributed by atoms with E-state index in [1.165, 1.54) is 22.7 Å². The van der Waals surface area contributed by atoms with Crippen molar-refractivity contribution in [2.75, 3.05) is 13.1 Å². The fraction of sp³-hybridized carbons (Fsp3) is 0.222. The minimum Gasteiger partial charge on any atom is -0.267 e. The van der Waals surface area contributed by atoms with Gasteiger partial charge in [-0.25, -0.2) is 13.8 Å². The molecule has 1 aliphatic rings. The molecule has 0 radical (unpaired) electrons. The van der Waals surface area contributed by atoms with Gasteiger partial charge < -0.3 is 0 Å². The molecule has 2 aromatic carbocycles. The number of nitrogens with one attached hydrogen (secondary N) is 1. The number of hydrazone groups is 1. The lowest BCUT2D eigenvalue weighted by atomic mass is 10.2. The van der Waals surface area contributed by atoms with Gasteiger partial charge in [-0.2, -0.15) is 9.41 Å². The van der Waals surface area contributed by atoms with Gasteiger partial charge in [0.15, 0.2) is 0 Å². The smallest absolute Gasteiger partial charge is 0.267 e. The van der Waals surface area contributed by atoms with E-state index in [0.29, 0.717) is 18.1 Å². The standard InChI is InChI=1S/C18H18ClN3O3S/c19-16-8-6-14(7-9-16)13-20-21-18(23)15-4-3-5-17(12-15)26(24,25)22-10-1-2-11-22/h3-9,12-13H,1-2,10-11H2,(H,21,23)/b20-13-. The van der Waals surface area contributed by atoms with E-state index in [0.717, 1.165) is 18.4 Å². The van der Waals surface area contributed by atoms with Gasteiger partial charge in [-0.05, 0) is 48.7 Å². The highest BCUT2D eigenvalue weighted by Gasteiger charge is 2.27. The molecule has 0 aliphatic carbocycles. The van der Waals surface area contributed by atoms with E-state index in [1.807, 2.05) is 0 Å². The molecule has 1 saturated heterocycles. The topological polar surface area (TPSA) is 78.8 Å². The highest BCUT2D eigenvalue weighted by atomic mass is 35.5. The number of halogens is 1. The Labute approximate surface area is 157 Å². The summed E-state index contributed by atoms with van der Waals surface area (Å²) in [5.41, 5.74) is 3.41. The number of amides is 1. The maximum atomic E-state index is 12.6. The Kier molecular flexibility index (Phi) is 5.70. The third kappa shape index (κ3) is 4.30. The molecule has 0 atom stereocenters. The van der Waals surface area contributed by atoms with Crippen molar-refractivity contribution < 1.29 is 13.2 Å². The summed E-state index contributed by atoms with van der Waals surface area (Å²) in [4.78, 5) is 12.4. The first-order valence-electron chi connectivity index (χ1n) is 8.16. The zero-order valence-electron chi connectivity index (χ0n) is 13.9. The van der Waals surface area contributed by atoms with Crippen LogP contribution >= 0.6 is 11.6 Å². The predicted octanol–water partition coefficient (Wildman–Crippen LogP) is 2.89. The van der Waals surface area contributed by atoms with Crippen LogP contribution < -0.4 is 5.43 Å². The maximum absolute atomic E-state index is 12.6. The third-order valence-electron chi connectivity index (χ3n) is 4.05. The Balaban J connectivity index is 1.71. The van der Waals surface area contributed by atoms with E-state index >= 15 is 0 Å². The minimum atomic E-state index is -3.56. The van der Waals surface area contributed by atoms with E-state index < -0.39 is 15.9 Å². The lowest BCUT2D eigenvalue weighted by Crippen LogP contribution is -2.28. The average Bonchev–Trinajstić information content (AvgIpc) is 3.19. The molecule has 0 aromatic heterocycles. The molecule has 26 heavy (non-hydrogen) atoms. The first kappa shape index (κ1) is 18.6. The van der Waals surface area contributed by atoms with E-state index in [4.69, 9.17) is 11.6 Å². The quantitative estimate of drug-likeness (QED) is 0.628. The molecule has 1 heterocycles. The Morgan fingerprint density at radius 1 is 1.12 bits per heavy atom. The van der Waals surface area contributed by atoms with Crippen LogP contribution in [0.4, 0.5) is 0 Å². The van der Waals surface area contributed by atoms with Gasteiger partial charge in [-0.15, -0.1) is 0 Å². The van der Waals surface area contributed by atoms with Crippen LogP contribution in [0, 0.1) is 0 Å². The van der Waals surface area contributed by atoms with Crippen molar-refractivity contribution in [1.82, 2.24) is 9.73 Å². The van der Waals surface area contributed by atoms with Crippen LogP contribution in [0.25, 0.3) is 0 Å². The molecular formula is C18H18ClN3O3S. The van der Waals surface area contributed by atoms with E-state index in [1.54, 1.807) is 36.4 Å². The van der Waals surface area contributed by atoms with Gasteiger partial charge in [0, 0.05) is 23.7 Å². The molecule has 1 aliphatic heterocycles. The number of hydrogen-bond donors (Lipinski definition) is 1. The van der Waals surface area contributed by atoms with Gasteiger partial charge in [-0.3, -0.25) is 4.79 Å². The second-order valence-electron chi connectivity index (χ2n) is 5.89. The van der Waals surface area contributed by atoms with Crippen molar-refractivity contribution >= 4 is 33.7 Å². The molecular weight excluding hydrogens is 374 g/mol. The van der Waals surface area contributed by atoms with Gasteiger partial charge >= 0.3 is 0 Å². The minimum absolute atomic E-state index is 0.119. The second kappa shape index (κ2) is 7.99. The normalized spacial score (nSPS) is 15.4. The number of carbonyl (C=O) groups excluding carboxylic acids is 1. The molecule has 1 amide bonds. The Hall–Kier alpha value is -2.22. The predicted molar refractivity (Wildman–Crippen MR) is 101 cm³/mol. The molecule has 0 saturated carbocycles. The summed E-state index contributed by atoms with van der Waals surface area (Å²) < 4.78 is 26.6. The van der Waals surface area contributed by atoms with Gasteiger partial charge in [0.25, 0.3) is 5.91 Å². The highest BCUT2D eigenvalue weighted by molar-refractivity contribution is 7.89. The summed E-state index contributed by atoms with van der Waals surface area (Å²) in [6.07, 6.45) is 3.21. The van der Waals surface area contributed by atoms with Crippen LogP contribution in [-0.2, 0) is 10.0 Å². The average molecular weight is 392 g/mol. The summed E-state index contributed by atoms with van der Waals surface area (Å²) in [5, 5.41) is 4.50. The summed E-state index contributed by atoms with van der Waals surface area (Å²) in [7, 11) is -3.56. The summed E-state index contributed by atoms with van der Waals surface area (Å²) >= 11 is 5.81. The van der Waals surface area contributed by atoms with Crippen LogP contribution in [0.1, 0.15) is 28.8 Å².